The number of anilines is 1. The molecule has 0 bridgehead atoms. The Morgan fingerprint density at radius 3 is 2.46 bits per heavy atom. The van der Waals surface area contributed by atoms with Gasteiger partial charge in [-0.3, -0.25) is 4.79 Å². The fraction of sp³-hybridized carbons (Fsp3) is 0.105. The Kier molecular flexibility index (Phi) is 4.96. The largest absolute Gasteiger partial charge is 0.346 e. The zero-order valence-electron chi connectivity index (χ0n) is 12.8. The fourth-order valence-corrected chi connectivity index (χ4v) is 2.71. The van der Waals surface area contributed by atoms with E-state index >= 15 is 0 Å². The van der Waals surface area contributed by atoms with Gasteiger partial charge in [-0.15, -0.1) is 0 Å². The van der Waals surface area contributed by atoms with Crippen molar-refractivity contribution in [2.45, 2.75) is 12.5 Å². The van der Waals surface area contributed by atoms with Gasteiger partial charge in [0.25, 0.3) is 0 Å². The maximum atomic E-state index is 13.6. The Balaban J connectivity index is 1.79. The lowest BCUT2D eigenvalue weighted by molar-refractivity contribution is -0.116. The molecular weight excluding hydrogens is 327 g/mol. The van der Waals surface area contributed by atoms with Crippen LogP contribution in [-0.2, 0) is 4.79 Å². The Morgan fingerprint density at radius 2 is 1.79 bits per heavy atom. The number of benzene rings is 2. The molecule has 0 saturated heterocycles. The van der Waals surface area contributed by atoms with Gasteiger partial charge < -0.3 is 9.88 Å². The van der Waals surface area contributed by atoms with Crippen LogP contribution in [0.1, 0.15) is 18.0 Å². The molecule has 3 rings (SSSR count). The van der Waals surface area contributed by atoms with Crippen LogP contribution in [-0.4, -0.2) is 10.5 Å². The molecule has 1 aromatic heterocycles. The second kappa shape index (κ2) is 7.32. The normalized spacial score (nSPS) is 11.9. The van der Waals surface area contributed by atoms with Gasteiger partial charge in [0, 0.05) is 23.1 Å². The molecular formula is C19H16ClFN2O. The van der Waals surface area contributed by atoms with Crippen molar-refractivity contribution in [2.24, 2.45) is 0 Å². The van der Waals surface area contributed by atoms with Crippen molar-refractivity contribution in [3.05, 3.63) is 89.5 Å². The topological polar surface area (TPSA) is 34.0 Å². The molecule has 122 valence electrons. The van der Waals surface area contributed by atoms with Crippen LogP contribution in [0.25, 0.3) is 0 Å². The molecule has 0 fully saturated rings. The average Bonchev–Trinajstić information content (AvgIpc) is 3.09. The Labute approximate surface area is 144 Å². The summed E-state index contributed by atoms with van der Waals surface area (Å²) in [4.78, 5) is 12.4. The fourth-order valence-electron chi connectivity index (χ4n) is 2.59. The Bertz CT molecular complexity index is 816. The molecule has 1 atom stereocenters. The first-order chi connectivity index (χ1) is 11.6. The minimum absolute atomic E-state index is 0.153. The van der Waals surface area contributed by atoms with Crippen LogP contribution in [0, 0.1) is 5.82 Å². The quantitative estimate of drug-likeness (QED) is 0.703. The van der Waals surface area contributed by atoms with Crippen molar-refractivity contribution in [3.63, 3.8) is 0 Å². The molecule has 0 saturated carbocycles. The first-order valence-corrected chi connectivity index (χ1v) is 7.93. The molecule has 5 heteroatoms. The molecule has 0 unspecified atom stereocenters. The Morgan fingerprint density at radius 1 is 1.08 bits per heavy atom. The van der Waals surface area contributed by atoms with Crippen molar-refractivity contribution in [1.82, 2.24) is 4.57 Å². The zero-order chi connectivity index (χ0) is 16.9. The summed E-state index contributed by atoms with van der Waals surface area (Å²) in [5.41, 5.74) is 1.42. The lowest BCUT2D eigenvalue weighted by atomic mass is 10.0. The second-order valence-corrected chi connectivity index (χ2v) is 5.90. The van der Waals surface area contributed by atoms with Gasteiger partial charge in [0.2, 0.25) is 5.91 Å². The van der Waals surface area contributed by atoms with Gasteiger partial charge in [-0.25, -0.2) is 4.39 Å². The van der Waals surface area contributed by atoms with E-state index in [9.17, 15) is 9.18 Å². The minimum Gasteiger partial charge on any atom is -0.346 e. The summed E-state index contributed by atoms with van der Waals surface area (Å²) in [6.07, 6.45) is 3.93. The number of hydrogen-bond donors (Lipinski definition) is 1. The average molecular weight is 343 g/mol. The van der Waals surface area contributed by atoms with Gasteiger partial charge in [-0.2, -0.15) is 0 Å². The minimum atomic E-state index is -0.317. The number of amides is 1. The smallest absolute Gasteiger partial charge is 0.226 e. The summed E-state index contributed by atoms with van der Waals surface area (Å²) in [5, 5.41) is 3.45. The highest BCUT2D eigenvalue weighted by Crippen LogP contribution is 2.24. The van der Waals surface area contributed by atoms with Crippen LogP contribution in [0.3, 0.4) is 0 Å². The second-order valence-electron chi connectivity index (χ2n) is 5.46. The van der Waals surface area contributed by atoms with Gasteiger partial charge in [0.1, 0.15) is 5.82 Å². The molecule has 1 N–H and O–H groups in total. The number of halogens is 2. The van der Waals surface area contributed by atoms with E-state index in [0.717, 1.165) is 5.56 Å². The summed E-state index contributed by atoms with van der Waals surface area (Å²) < 4.78 is 15.5. The zero-order valence-corrected chi connectivity index (χ0v) is 13.6. The van der Waals surface area contributed by atoms with E-state index in [0.29, 0.717) is 10.7 Å². The molecule has 1 heterocycles. The van der Waals surface area contributed by atoms with Gasteiger partial charge in [0.15, 0.2) is 0 Å². The van der Waals surface area contributed by atoms with E-state index < -0.39 is 0 Å². The molecule has 1 amide bonds. The predicted molar refractivity (Wildman–Crippen MR) is 93.7 cm³/mol. The number of carbonyl (C=O) groups is 1. The third-order valence-electron chi connectivity index (χ3n) is 3.73. The first-order valence-electron chi connectivity index (χ1n) is 7.55. The third kappa shape index (κ3) is 4.03. The van der Waals surface area contributed by atoms with Gasteiger partial charge in [-0.05, 0) is 54.1 Å². The van der Waals surface area contributed by atoms with E-state index in [1.807, 2.05) is 35.2 Å². The SMILES string of the molecule is O=C(C[C@H](c1cccc(F)c1)n1cccc1)Nc1ccc(Cl)cc1. The van der Waals surface area contributed by atoms with Gasteiger partial charge in [0.05, 0.1) is 12.5 Å². The van der Waals surface area contributed by atoms with Crippen molar-refractivity contribution in [3.8, 4) is 0 Å². The van der Waals surface area contributed by atoms with Gasteiger partial charge in [-0.1, -0.05) is 23.7 Å². The molecule has 0 aliphatic heterocycles. The van der Waals surface area contributed by atoms with Crippen LogP contribution in [0.15, 0.2) is 73.1 Å². The maximum absolute atomic E-state index is 13.6. The highest BCUT2D eigenvalue weighted by atomic mass is 35.5. The number of nitrogens with one attached hydrogen (secondary N) is 1. The molecule has 3 aromatic rings. The number of aromatic nitrogens is 1. The van der Waals surface area contributed by atoms with Gasteiger partial charge >= 0.3 is 0 Å². The van der Waals surface area contributed by atoms with Crippen molar-refractivity contribution >= 4 is 23.2 Å². The number of hydrogen-bond acceptors (Lipinski definition) is 1. The van der Waals surface area contributed by atoms with E-state index in [2.05, 4.69) is 5.32 Å². The molecule has 0 aliphatic rings. The molecule has 0 aliphatic carbocycles. The summed E-state index contributed by atoms with van der Waals surface area (Å²) in [6.45, 7) is 0. The standard InChI is InChI=1S/C19H16ClFN2O/c20-15-6-8-17(9-7-15)22-19(24)13-18(23-10-1-2-11-23)14-4-3-5-16(21)12-14/h1-12,18H,13H2,(H,22,24)/t18-/m1/s1. The lowest BCUT2D eigenvalue weighted by Crippen LogP contribution is -2.19. The summed E-state index contributed by atoms with van der Waals surface area (Å²) >= 11 is 5.84. The highest BCUT2D eigenvalue weighted by Gasteiger charge is 2.18. The first kappa shape index (κ1) is 16.3. The van der Waals surface area contributed by atoms with Crippen molar-refractivity contribution in [2.75, 3.05) is 5.32 Å². The summed E-state index contributed by atoms with van der Waals surface area (Å²) in [7, 11) is 0. The van der Waals surface area contributed by atoms with Crippen LogP contribution >= 0.6 is 11.6 Å². The molecule has 0 spiro atoms. The lowest BCUT2D eigenvalue weighted by Gasteiger charge is -2.19. The van der Waals surface area contributed by atoms with E-state index in [4.69, 9.17) is 11.6 Å². The monoisotopic (exact) mass is 342 g/mol. The summed E-state index contributed by atoms with van der Waals surface area (Å²) in [6, 6.07) is 16.7. The molecule has 3 nitrogen and oxygen atoms in total. The van der Waals surface area contributed by atoms with Crippen molar-refractivity contribution in [1.29, 1.82) is 0 Å². The van der Waals surface area contributed by atoms with E-state index in [-0.39, 0.29) is 24.2 Å². The maximum Gasteiger partial charge on any atom is 0.226 e. The van der Waals surface area contributed by atoms with Crippen LogP contribution < -0.4 is 5.32 Å². The number of carbonyl (C=O) groups excluding carboxylic acids is 1. The highest BCUT2D eigenvalue weighted by molar-refractivity contribution is 6.30. The molecule has 24 heavy (non-hydrogen) atoms. The molecule has 2 aromatic carbocycles. The van der Waals surface area contributed by atoms with Crippen molar-refractivity contribution < 1.29 is 9.18 Å². The van der Waals surface area contributed by atoms with Crippen LogP contribution in [0.5, 0.6) is 0 Å². The Hall–Kier alpha value is -2.59. The number of nitrogens with zero attached hydrogens (tertiary/aromatic N) is 1. The molecule has 0 radical (unpaired) electrons. The van der Waals surface area contributed by atoms with E-state index in [1.54, 1.807) is 30.3 Å². The van der Waals surface area contributed by atoms with Crippen LogP contribution in [0.4, 0.5) is 10.1 Å². The van der Waals surface area contributed by atoms with Crippen LogP contribution in [0.2, 0.25) is 5.02 Å². The summed E-state index contributed by atoms with van der Waals surface area (Å²) in [5.74, 6) is -0.469. The number of rotatable bonds is 5. The van der Waals surface area contributed by atoms with E-state index in [1.165, 1.54) is 12.1 Å². The predicted octanol–water partition coefficient (Wildman–Crippen LogP) is 4.90. The third-order valence-corrected chi connectivity index (χ3v) is 3.98.